The smallest absolute Gasteiger partial charge is 0.371 e. The van der Waals surface area contributed by atoms with Gasteiger partial charge in [0.05, 0.1) is 6.61 Å². The molecule has 150 valence electrons. The third-order valence-corrected chi connectivity index (χ3v) is 5.55. The summed E-state index contributed by atoms with van der Waals surface area (Å²) in [6.45, 7) is 5.09. The zero-order valence-corrected chi connectivity index (χ0v) is 16.5. The second-order valence-corrected chi connectivity index (χ2v) is 7.90. The number of hydrogen-bond acceptors (Lipinski definition) is 4. The summed E-state index contributed by atoms with van der Waals surface area (Å²) in [7, 11) is 0. The van der Waals surface area contributed by atoms with Crippen LogP contribution in [0.4, 0.5) is 0 Å². The first-order valence-corrected chi connectivity index (χ1v) is 9.95. The average Bonchev–Trinajstić information content (AvgIpc) is 3.28. The summed E-state index contributed by atoms with van der Waals surface area (Å²) in [5.41, 5.74) is 2.61. The molecule has 0 aliphatic heterocycles. The topological polar surface area (TPSA) is 76.7 Å². The third kappa shape index (κ3) is 5.10. The lowest BCUT2D eigenvalue weighted by atomic mass is 9.89. The van der Waals surface area contributed by atoms with E-state index in [-0.39, 0.29) is 24.2 Å². The van der Waals surface area contributed by atoms with Gasteiger partial charge in [0, 0.05) is 12.3 Å². The van der Waals surface area contributed by atoms with Crippen molar-refractivity contribution in [2.75, 3.05) is 6.61 Å². The van der Waals surface area contributed by atoms with Crippen molar-refractivity contribution >= 4 is 11.8 Å². The minimum absolute atomic E-state index is 0.0360. The van der Waals surface area contributed by atoms with Crippen molar-refractivity contribution in [3.63, 3.8) is 0 Å². The molecular weight excluding hydrogens is 356 g/mol. The first kappa shape index (κ1) is 20.3. The Morgan fingerprint density at radius 2 is 2.11 bits per heavy atom. The summed E-state index contributed by atoms with van der Waals surface area (Å²) >= 11 is 0. The van der Waals surface area contributed by atoms with E-state index in [4.69, 9.17) is 14.3 Å². The highest BCUT2D eigenvalue weighted by Gasteiger charge is 2.34. The van der Waals surface area contributed by atoms with E-state index in [0.717, 1.165) is 19.3 Å². The quantitative estimate of drug-likeness (QED) is 0.669. The van der Waals surface area contributed by atoms with Crippen molar-refractivity contribution in [1.82, 2.24) is 0 Å². The maximum absolute atomic E-state index is 12.4. The highest BCUT2D eigenvalue weighted by molar-refractivity contribution is 5.84. The van der Waals surface area contributed by atoms with Gasteiger partial charge in [-0.05, 0) is 54.4 Å². The summed E-state index contributed by atoms with van der Waals surface area (Å²) in [5, 5.41) is 8.89. The van der Waals surface area contributed by atoms with E-state index >= 15 is 0 Å². The Hall–Kier alpha value is -2.40. The van der Waals surface area contributed by atoms with Gasteiger partial charge in [-0.25, -0.2) is 4.79 Å². The predicted octanol–water partition coefficient (Wildman–Crippen LogP) is 4.85. The lowest BCUT2D eigenvalue weighted by Gasteiger charge is -2.18. The van der Waals surface area contributed by atoms with Gasteiger partial charge in [-0.15, -0.1) is 0 Å². The predicted molar refractivity (Wildman–Crippen MR) is 105 cm³/mol. The van der Waals surface area contributed by atoms with Crippen LogP contribution in [0.25, 0.3) is 0 Å². The third-order valence-electron chi connectivity index (χ3n) is 5.55. The van der Waals surface area contributed by atoms with Crippen LogP contribution in [0.5, 0.6) is 0 Å². The van der Waals surface area contributed by atoms with Gasteiger partial charge in [-0.1, -0.05) is 38.1 Å². The van der Waals surface area contributed by atoms with Crippen molar-refractivity contribution in [2.45, 2.75) is 52.1 Å². The van der Waals surface area contributed by atoms with Crippen molar-refractivity contribution in [2.24, 2.45) is 11.8 Å². The van der Waals surface area contributed by atoms with Crippen molar-refractivity contribution < 1.29 is 23.8 Å². The van der Waals surface area contributed by atoms with Gasteiger partial charge in [-0.2, -0.15) is 0 Å². The molecule has 1 saturated carbocycles. The fraction of sp³-hybridized carbons (Fsp3) is 0.478. The molecule has 3 rings (SSSR count). The molecule has 1 fully saturated rings. The number of carboxylic acid groups (broad SMARTS) is 1. The van der Waals surface area contributed by atoms with Crippen molar-refractivity contribution in [3.8, 4) is 0 Å². The second kappa shape index (κ2) is 9.20. The minimum atomic E-state index is -1.09. The van der Waals surface area contributed by atoms with E-state index in [1.165, 1.54) is 17.2 Å². The number of furan rings is 1. The van der Waals surface area contributed by atoms with Gasteiger partial charge in [0.15, 0.2) is 0 Å². The van der Waals surface area contributed by atoms with E-state index in [1.807, 2.05) is 0 Å². The molecule has 2 atom stereocenters. The van der Waals surface area contributed by atoms with Crippen LogP contribution in [0.3, 0.4) is 0 Å². The number of benzene rings is 1. The van der Waals surface area contributed by atoms with Gasteiger partial charge in [0.25, 0.3) is 0 Å². The van der Waals surface area contributed by atoms with Crippen molar-refractivity contribution in [3.05, 3.63) is 59.0 Å². The number of aryl methyl sites for hydroxylation is 1. The number of aromatic carboxylic acids is 1. The molecule has 0 amide bonds. The molecule has 1 aromatic heterocycles. The van der Waals surface area contributed by atoms with E-state index in [9.17, 15) is 9.59 Å². The maximum atomic E-state index is 12.4. The molecule has 1 aromatic carbocycles. The van der Waals surface area contributed by atoms with Crippen LogP contribution >= 0.6 is 0 Å². The number of Topliss-reactive ketones (excluding diaryl/α,β-unsaturated/α-hetero) is 1. The van der Waals surface area contributed by atoms with Crippen LogP contribution < -0.4 is 0 Å². The zero-order chi connectivity index (χ0) is 20.1. The molecule has 5 heteroatoms. The van der Waals surface area contributed by atoms with Gasteiger partial charge in [0.2, 0.25) is 5.76 Å². The normalized spacial score (nSPS) is 19.5. The lowest BCUT2D eigenvalue weighted by Crippen LogP contribution is -2.20. The average molecular weight is 384 g/mol. The highest BCUT2D eigenvalue weighted by atomic mass is 16.5. The van der Waals surface area contributed by atoms with Crippen LogP contribution in [0.2, 0.25) is 0 Å². The number of carboxylic acids is 1. The Morgan fingerprint density at radius 1 is 1.29 bits per heavy atom. The minimum Gasteiger partial charge on any atom is -0.475 e. The Bertz CT molecular complexity index is 820. The van der Waals surface area contributed by atoms with E-state index in [0.29, 0.717) is 30.5 Å². The van der Waals surface area contributed by atoms with E-state index in [1.54, 1.807) is 6.07 Å². The molecule has 2 aromatic rings. The number of carbonyl (C=O) groups is 2. The number of rotatable bonds is 9. The summed E-state index contributed by atoms with van der Waals surface area (Å²) in [6.07, 6.45) is 3.22. The zero-order valence-electron chi connectivity index (χ0n) is 16.5. The molecule has 1 aliphatic rings. The lowest BCUT2D eigenvalue weighted by molar-refractivity contribution is -0.121. The number of hydrogen-bond donors (Lipinski definition) is 1. The fourth-order valence-electron chi connectivity index (χ4n) is 3.88. The summed E-state index contributed by atoms with van der Waals surface area (Å²) in [6, 6.07) is 11.7. The standard InChI is InChI=1S/C23H28O5/c1-15(2)17-5-3-4-16(12-17)6-9-20-18(7-10-21(20)24)13-27-14-19-8-11-22(28-19)23(25)26/h3-5,8,11-12,15,18,20H,6-7,9-10,13-14H2,1-2H3,(H,25,26)/t18-,20-/m1/s1. The number of ketones is 1. The Morgan fingerprint density at radius 3 is 2.82 bits per heavy atom. The molecule has 0 bridgehead atoms. The molecule has 0 radical (unpaired) electrons. The first-order chi connectivity index (χ1) is 13.4. The highest BCUT2D eigenvalue weighted by Crippen LogP contribution is 2.33. The van der Waals surface area contributed by atoms with Crippen LogP contribution in [0, 0.1) is 11.8 Å². The fourth-order valence-corrected chi connectivity index (χ4v) is 3.88. The van der Waals surface area contributed by atoms with Crippen LogP contribution in [-0.2, 0) is 22.6 Å². The molecule has 1 heterocycles. The molecule has 1 aliphatic carbocycles. The molecule has 0 saturated heterocycles. The summed E-state index contributed by atoms with van der Waals surface area (Å²) < 4.78 is 10.9. The number of ether oxygens (including phenoxy) is 1. The molecule has 0 spiro atoms. The van der Waals surface area contributed by atoms with Gasteiger partial charge >= 0.3 is 5.97 Å². The van der Waals surface area contributed by atoms with E-state index in [2.05, 4.69) is 38.1 Å². The molecule has 5 nitrogen and oxygen atoms in total. The Balaban J connectivity index is 1.51. The van der Waals surface area contributed by atoms with E-state index < -0.39 is 5.97 Å². The monoisotopic (exact) mass is 384 g/mol. The molecule has 1 N–H and O–H groups in total. The van der Waals surface area contributed by atoms with Gasteiger partial charge in [0.1, 0.15) is 18.2 Å². The first-order valence-electron chi connectivity index (χ1n) is 9.95. The molecule has 28 heavy (non-hydrogen) atoms. The summed E-state index contributed by atoms with van der Waals surface area (Å²) in [5.74, 6) is 0.398. The van der Waals surface area contributed by atoms with Gasteiger partial charge < -0.3 is 14.3 Å². The SMILES string of the molecule is CC(C)c1cccc(CC[C@H]2C(=O)CC[C@@H]2COCc2ccc(C(=O)O)o2)c1. The largest absolute Gasteiger partial charge is 0.475 e. The Kier molecular flexibility index (Phi) is 6.68. The molecular formula is C23H28O5. The maximum Gasteiger partial charge on any atom is 0.371 e. The van der Waals surface area contributed by atoms with Gasteiger partial charge in [-0.3, -0.25) is 4.79 Å². The Labute approximate surface area is 165 Å². The van der Waals surface area contributed by atoms with Crippen LogP contribution in [-0.4, -0.2) is 23.5 Å². The molecule has 0 unspecified atom stereocenters. The number of carbonyl (C=O) groups excluding carboxylic acids is 1. The summed E-state index contributed by atoms with van der Waals surface area (Å²) in [4.78, 5) is 23.2. The second-order valence-electron chi connectivity index (χ2n) is 7.90. The van der Waals surface area contributed by atoms with Crippen molar-refractivity contribution in [1.29, 1.82) is 0 Å². The van der Waals surface area contributed by atoms with Crippen LogP contribution in [0.1, 0.15) is 66.5 Å². The van der Waals surface area contributed by atoms with Crippen LogP contribution in [0.15, 0.2) is 40.8 Å².